The van der Waals surface area contributed by atoms with Gasteiger partial charge in [0.25, 0.3) is 0 Å². The van der Waals surface area contributed by atoms with E-state index in [0.29, 0.717) is 0 Å². The fraction of sp³-hybridized carbons (Fsp3) is 0.429. The Labute approximate surface area is 79.4 Å². The zero-order valence-electron chi connectivity index (χ0n) is 12.8. The maximum atomic E-state index is 7.68. The summed E-state index contributed by atoms with van der Waals surface area (Å²) in [5.74, 6) is -0.988. The van der Waals surface area contributed by atoms with Gasteiger partial charge in [-0.3, -0.25) is 0 Å². The summed E-state index contributed by atoms with van der Waals surface area (Å²) in [4.78, 5) is 6.84. The molecule has 5 nitrogen and oxygen atoms in total. The molecule has 0 unspecified atom stereocenters. The summed E-state index contributed by atoms with van der Waals surface area (Å²) >= 11 is 0. The van der Waals surface area contributed by atoms with Crippen LogP contribution < -0.4 is 10.5 Å². The van der Waals surface area contributed by atoms with Gasteiger partial charge in [-0.1, -0.05) is 0 Å². The number of aromatic nitrogens is 2. The highest BCUT2D eigenvalue weighted by Crippen LogP contribution is 2.11. The molecule has 5 heteroatoms. The third kappa shape index (κ3) is 1.45. The summed E-state index contributed by atoms with van der Waals surface area (Å²) < 4.78 is 60.7. The van der Waals surface area contributed by atoms with E-state index in [-0.39, 0.29) is 5.82 Å². The van der Waals surface area contributed by atoms with Crippen LogP contribution in [-0.2, 0) is 4.74 Å². The first-order valence-electron chi connectivity index (χ1n) is 6.50. The van der Waals surface area contributed by atoms with Crippen molar-refractivity contribution in [3.63, 3.8) is 0 Å². The Balaban J connectivity index is 2.38. The first-order chi connectivity index (χ1) is 8.50. The summed E-state index contributed by atoms with van der Waals surface area (Å²) in [6.07, 6.45) is -3.90. The maximum absolute atomic E-state index is 7.68. The molecule has 2 heterocycles. The number of ether oxygens (including phenoxy) is 2. The second kappa shape index (κ2) is 2.94. The minimum atomic E-state index is -2.76. The standard InChI is InChI=1S/C7H9N3O2/c8-6-1-10-7(2-9-6)12-5-3-11-4-5/h1-2,5H,3-4H2,(H2,8,9)/i1D,2D,3D2,4D2,5D. The Kier molecular flexibility index (Phi) is 0.698. The highest BCUT2D eigenvalue weighted by molar-refractivity contribution is 5.24. The lowest BCUT2D eigenvalue weighted by atomic mass is 10.3. The number of hydrogen-bond acceptors (Lipinski definition) is 5. The molecular formula is C7H9N3O2. The van der Waals surface area contributed by atoms with E-state index < -0.39 is 37.4 Å². The summed E-state index contributed by atoms with van der Waals surface area (Å²) in [6.45, 7) is -5.46. The monoisotopic (exact) mass is 174 g/mol. The second-order valence-electron chi connectivity index (χ2n) is 1.87. The van der Waals surface area contributed by atoms with Crippen LogP contribution in [0.5, 0.6) is 5.88 Å². The van der Waals surface area contributed by atoms with Gasteiger partial charge in [0, 0.05) is 0 Å². The van der Waals surface area contributed by atoms with Gasteiger partial charge in [0.05, 0.1) is 35.1 Å². The highest BCUT2D eigenvalue weighted by Gasteiger charge is 2.20. The van der Waals surface area contributed by atoms with Gasteiger partial charge < -0.3 is 15.2 Å². The van der Waals surface area contributed by atoms with Gasteiger partial charge in [0.15, 0.2) is 0 Å². The van der Waals surface area contributed by atoms with Crippen LogP contribution in [0.25, 0.3) is 0 Å². The molecule has 1 saturated heterocycles. The normalized spacial score (nSPS) is 36.5. The Hall–Kier alpha value is -1.36. The predicted molar refractivity (Wildman–Crippen MR) is 41.7 cm³/mol. The van der Waals surface area contributed by atoms with Crippen LogP contribution in [0.15, 0.2) is 12.3 Å². The average Bonchev–Trinajstić information content (AvgIpc) is 2.23. The molecule has 0 aromatic carbocycles. The lowest BCUT2D eigenvalue weighted by Crippen LogP contribution is -2.38. The Bertz CT molecular complexity index is 524. The Morgan fingerprint density at radius 2 is 2.58 bits per heavy atom. The molecular weight excluding hydrogens is 158 g/mol. The van der Waals surface area contributed by atoms with Crippen molar-refractivity contribution in [1.29, 1.82) is 0 Å². The molecule has 0 spiro atoms. The van der Waals surface area contributed by atoms with Crippen LogP contribution in [0, 0.1) is 0 Å². The lowest BCUT2D eigenvalue weighted by Gasteiger charge is -2.25. The van der Waals surface area contributed by atoms with E-state index in [1.807, 2.05) is 0 Å². The van der Waals surface area contributed by atoms with Gasteiger partial charge in [-0.15, -0.1) is 0 Å². The number of nitrogens with two attached hydrogens (primary N) is 1. The minimum Gasteiger partial charge on any atom is -0.468 e. The van der Waals surface area contributed by atoms with Gasteiger partial charge >= 0.3 is 0 Å². The SMILES string of the molecule is [2H]c1nc(OC2([2H])C([2H])([2H])OC2([2H])[2H])c([2H])nc1N. The fourth-order valence-electron chi connectivity index (χ4n) is 0.543. The molecule has 64 valence electrons. The average molecular weight is 174 g/mol. The van der Waals surface area contributed by atoms with Crippen molar-refractivity contribution in [1.82, 2.24) is 9.97 Å². The maximum Gasteiger partial charge on any atom is 0.232 e. The van der Waals surface area contributed by atoms with Gasteiger partial charge in [-0.2, -0.15) is 0 Å². The van der Waals surface area contributed by atoms with Crippen molar-refractivity contribution >= 4 is 5.82 Å². The smallest absolute Gasteiger partial charge is 0.232 e. The van der Waals surface area contributed by atoms with Crippen LogP contribution >= 0.6 is 0 Å². The van der Waals surface area contributed by atoms with Crippen LogP contribution in [0.2, 0.25) is 0 Å². The molecule has 0 saturated carbocycles. The van der Waals surface area contributed by atoms with Crippen molar-refractivity contribution in [3.05, 3.63) is 12.3 Å². The lowest BCUT2D eigenvalue weighted by molar-refractivity contribution is -0.0814. The molecule has 0 aliphatic carbocycles. The van der Waals surface area contributed by atoms with Crippen molar-refractivity contribution in [2.75, 3.05) is 18.9 Å². The zero-order chi connectivity index (χ0) is 14.6. The number of hydrogen-bond donors (Lipinski definition) is 1. The van der Waals surface area contributed by atoms with Crippen LogP contribution in [0.3, 0.4) is 0 Å². The number of nitrogen functional groups attached to an aromatic ring is 1. The molecule has 1 aliphatic rings. The predicted octanol–water partition coefficient (Wildman–Crippen LogP) is -0.164. The van der Waals surface area contributed by atoms with E-state index >= 15 is 0 Å². The first-order valence-corrected chi connectivity index (χ1v) is 3.00. The fourth-order valence-corrected chi connectivity index (χ4v) is 0.543. The second-order valence-corrected chi connectivity index (χ2v) is 1.87. The molecule has 2 N–H and O–H groups in total. The summed E-state index contributed by atoms with van der Waals surface area (Å²) in [7, 11) is 0. The molecule has 1 fully saturated rings. The minimum absolute atomic E-state index is 0.327. The van der Waals surface area contributed by atoms with E-state index in [2.05, 4.69) is 14.7 Å². The molecule has 1 aromatic heterocycles. The molecule has 1 aromatic rings. The Morgan fingerprint density at radius 1 is 1.75 bits per heavy atom. The topological polar surface area (TPSA) is 70.3 Å². The van der Waals surface area contributed by atoms with E-state index in [9.17, 15) is 0 Å². The van der Waals surface area contributed by atoms with Gasteiger partial charge in [-0.25, -0.2) is 9.97 Å². The van der Waals surface area contributed by atoms with Crippen LogP contribution in [-0.4, -0.2) is 29.2 Å². The number of anilines is 1. The highest BCUT2D eigenvalue weighted by atomic mass is 16.6. The number of rotatable bonds is 2. The third-order valence-corrected chi connectivity index (χ3v) is 1.03. The van der Waals surface area contributed by atoms with E-state index in [0.717, 1.165) is 0 Å². The molecule has 12 heavy (non-hydrogen) atoms. The number of nitrogens with zero attached hydrogens (tertiary/aromatic N) is 2. The van der Waals surface area contributed by atoms with Gasteiger partial charge in [0.2, 0.25) is 5.88 Å². The molecule has 0 amide bonds. The van der Waals surface area contributed by atoms with Crippen molar-refractivity contribution in [3.8, 4) is 5.88 Å². The summed E-state index contributed by atoms with van der Waals surface area (Å²) in [5, 5.41) is 0. The van der Waals surface area contributed by atoms with Crippen molar-refractivity contribution < 1.29 is 19.1 Å². The summed E-state index contributed by atoms with van der Waals surface area (Å²) in [6, 6.07) is 0. The molecule has 0 radical (unpaired) electrons. The molecule has 1 aliphatic heterocycles. The zero-order valence-corrected chi connectivity index (χ0v) is 5.79. The van der Waals surface area contributed by atoms with E-state index in [4.69, 9.17) is 20.1 Å². The largest absolute Gasteiger partial charge is 0.468 e. The van der Waals surface area contributed by atoms with Gasteiger partial charge in [-0.05, 0) is 0 Å². The van der Waals surface area contributed by atoms with Crippen LogP contribution in [0.1, 0.15) is 9.60 Å². The molecule has 0 atom stereocenters. The van der Waals surface area contributed by atoms with E-state index in [1.54, 1.807) is 0 Å². The quantitative estimate of drug-likeness (QED) is 0.674. The van der Waals surface area contributed by atoms with Crippen molar-refractivity contribution in [2.24, 2.45) is 0 Å². The van der Waals surface area contributed by atoms with Crippen LogP contribution in [0.4, 0.5) is 5.82 Å². The van der Waals surface area contributed by atoms with E-state index in [1.165, 1.54) is 0 Å². The Morgan fingerprint density at radius 3 is 3.33 bits per heavy atom. The summed E-state index contributed by atoms with van der Waals surface area (Å²) in [5.41, 5.74) is 5.25. The van der Waals surface area contributed by atoms with Gasteiger partial charge in [0.1, 0.15) is 11.9 Å². The third-order valence-electron chi connectivity index (χ3n) is 1.03. The molecule has 2 rings (SSSR count). The first kappa shape index (κ1) is 2.85. The molecule has 0 bridgehead atoms. The van der Waals surface area contributed by atoms with Crippen molar-refractivity contribution in [2.45, 2.75) is 6.08 Å².